The van der Waals surface area contributed by atoms with Gasteiger partial charge in [-0.2, -0.15) is 0 Å². The molecule has 3 nitrogen and oxygen atoms in total. The van der Waals surface area contributed by atoms with E-state index in [0.29, 0.717) is 6.42 Å². The highest BCUT2D eigenvalue weighted by molar-refractivity contribution is 5.27. The lowest BCUT2D eigenvalue weighted by Crippen LogP contribution is -2.46. The molecule has 0 saturated heterocycles. The number of hydrazine groups is 1. The van der Waals surface area contributed by atoms with Crippen molar-refractivity contribution < 1.29 is 9.13 Å². The first-order chi connectivity index (χ1) is 8.62. The van der Waals surface area contributed by atoms with Crippen molar-refractivity contribution in [2.45, 2.75) is 45.3 Å². The van der Waals surface area contributed by atoms with Gasteiger partial charge < -0.3 is 4.74 Å². The van der Waals surface area contributed by atoms with E-state index in [9.17, 15) is 4.39 Å². The van der Waals surface area contributed by atoms with Gasteiger partial charge >= 0.3 is 0 Å². The van der Waals surface area contributed by atoms with Crippen LogP contribution in [-0.4, -0.2) is 19.3 Å². The van der Waals surface area contributed by atoms with Gasteiger partial charge in [-0.25, -0.2) is 4.39 Å². The zero-order valence-corrected chi connectivity index (χ0v) is 11.4. The number of hydrogen-bond acceptors (Lipinski definition) is 3. The summed E-state index contributed by atoms with van der Waals surface area (Å²) in [5.74, 6) is 5.38. The number of benzene rings is 1. The number of rotatable bonds is 7. The molecule has 0 amide bonds. The number of nitrogens with one attached hydrogen (secondary N) is 1. The van der Waals surface area contributed by atoms with Gasteiger partial charge in [-0.05, 0) is 43.0 Å². The van der Waals surface area contributed by atoms with Gasteiger partial charge in [0.25, 0.3) is 0 Å². The van der Waals surface area contributed by atoms with Crippen LogP contribution in [0.1, 0.15) is 30.9 Å². The standard InChI is InChI=1S/C14H23FN2O/c1-4-5-14(18-3)13(17-16)9-11-8-12(15)7-6-10(11)2/h6-8,13-14,17H,4-5,9,16H2,1-3H3. The maximum atomic E-state index is 13.2. The van der Waals surface area contributed by atoms with E-state index in [2.05, 4.69) is 12.3 Å². The van der Waals surface area contributed by atoms with Gasteiger partial charge in [-0.3, -0.25) is 11.3 Å². The van der Waals surface area contributed by atoms with Gasteiger partial charge in [-0.1, -0.05) is 19.4 Å². The molecule has 2 atom stereocenters. The molecule has 0 aliphatic rings. The summed E-state index contributed by atoms with van der Waals surface area (Å²) in [6, 6.07) is 4.83. The molecule has 2 unspecified atom stereocenters. The summed E-state index contributed by atoms with van der Waals surface area (Å²) in [5, 5.41) is 0. The fraction of sp³-hybridized carbons (Fsp3) is 0.571. The Morgan fingerprint density at radius 1 is 1.44 bits per heavy atom. The second-order valence-electron chi connectivity index (χ2n) is 4.61. The van der Waals surface area contributed by atoms with Crippen LogP contribution in [0.2, 0.25) is 0 Å². The molecular formula is C14H23FN2O. The number of ether oxygens (including phenoxy) is 1. The fourth-order valence-corrected chi connectivity index (χ4v) is 2.16. The minimum absolute atomic E-state index is 0.00421. The molecule has 0 aromatic heterocycles. The first-order valence-electron chi connectivity index (χ1n) is 6.36. The molecule has 0 spiro atoms. The average molecular weight is 254 g/mol. The second kappa shape index (κ2) is 7.46. The van der Waals surface area contributed by atoms with E-state index >= 15 is 0 Å². The Morgan fingerprint density at radius 3 is 2.72 bits per heavy atom. The molecule has 102 valence electrons. The lowest BCUT2D eigenvalue weighted by Gasteiger charge is -2.25. The SMILES string of the molecule is CCCC(OC)C(Cc1cc(F)ccc1C)NN. The van der Waals surface area contributed by atoms with Gasteiger partial charge in [0.2, 0.25) is 0 Å². The van der Waals surface area contributed by atoms with Gasteiger partial charge in [0.1, 0.15) is 5.82 Å². The van der Waals surface area contributed by atoms with E-state index in [-0.39, 0.29) is 18.0 Å². The monoisotopic (exact) mass is 254 g/mol. The van der Waals surface area contributed by atoms with Crippen molar-refractivity contribution in [1.29, 1.82) is 0 Å². The van der Waals surface area contributed by atoms with Crippen LogP contribution < -0.4 is 11.3 Å². The Morgan fingerprint density at radius 2 is 2.17 bits per heavy atom. The normalized spacial score (nSPS) is 14.5. The van der Waals surface area contributed by atoms with E-state index in [1.807, 2.05) is 6.92 Å². The summed E-state index contributed by atoms with van der Waals surface area (Å²) in [6.07, 6.45) is 2.67. The molecule has 1 aromatic rings. The molecule has 1 aromatic carbocycles. The summed E-state index contributed by atoms with van der Waals surface area (Å²) in [7, 11) is 1.68. The molecule has 0 radical (unpaired) electrons. The van der Waals surface area contributed by atoms with Crippen LogP contribution in [0.15, 0.2) is 18.2 Å². The molecule has 18 heavy (non-hydrogen) atoms. The van der Waals surface area contributed by atoms with Crippen molar-refractivity contribution >= 4 is 0 Å². The molecule has 0 fully saturated rings. The lowest BCUT2D eigenvalue weighted by molar-refractivity contribution is 0.0608. The highest BCUT2D eigenvalue weighted by atomic mass is 19.1. The molecule has 4 heteroatoms. The summed E-state index contributed by atoms with van der Waals surface area (Å²) in [4.78, 5) is 0. The van der Waals surface area contributed by atoms with Crippen molar-refractivity contribution in [3.05, 3.63) is 35.1 Å². The van der Waals surface area contributed by atoms with Crippen LogP contribution in [-0.2, 0) is 11.2 Å². The molecule has 1 rings (SSSR count). The van der Waals surface area contributed by atoms with E-state index in [0.717, 1.165) is 24.0 Å². The first-order valence-corrected chi connectivity index (χ1v) is 6.36. The predicted octanol–water partition coefficient (Wildman–Crippen LogP) is 2.32. The molecule has 0 heterocycles. The van der Waals surface area contributed by atoms with Crippen LogP contribution in [0, 0.1) is 12.7 Å². The Hall–Kier alpha value is -0.970. The third kappa shape index (κ3) is 4.05. The minimum atomic E-state index is -0.212. The zero-order valence-electron chi connectivity index (χ0n) is 11.4. The van der Waals surface area contributed by atoms with Gasteiger partial charge in [0.05, 0.1) is 12.1 Å². The summed E-state index contributed by atoms with van der Waals surface area (Å²) in [6.45, 7) is 4.08. The molecule has 3 N–H and O–H groups in total. The summed E-state index contributed by atoms with van der Waals surface area (Å²) in [5.41, 5.74) is 4.83. The Labute approximate surface area is 108 Å². The molecule has 0 saturated carbocycles. The van der Waals surface area contributed by atoms with E-state index < -0.39 is 0 Å². The zero-order chi connectivity index (χ0) is 13.5. The third-order valence-electron chi connectivity index (χ3n) is 3.29. The van der Waals surface area contributed by atoms with Gasteiger partial charge in [0.15, 0.2) is 0 Å². The van der Waals surface area contributed by atoms with Crippen molar-refractivity contribution in [2.75, 3.05) is 7.11 Å². The van der Waals surface area contributed by atoms with E-state index in [1.54, 1.807) is 19.2 Å². The van der Waals surface area contributed by atoms with Gasteiger partial charge in [0, 0.05) is 7.11 Å². The quantitative estimate of drug-likeness (QED) is 0.580. The summed E-state index contributed by atoms with van der Waals surface area (Å²) >= 11 is 0. The molecular weight excluding hydrogens is 231 g/mol. The van der Waals surface area contributed by atoms with Gasteiger partial charge in [-0.15, -0.1) is 0 Å². The van der Waals surface area contributed by atoms with Crippen molar-refractivity contribution in [3.8, 4) is 0 Å². The van der Waals surface area contributed by atoms with Crippen molar-refractivity contribution in [1.82, 2.24) is 5.43 Å². The highest BCUT2D eigenvalue weighted by Crippen LogP contribution is 2.16. The van der Waals surface area contributed by atoms with Crippen LogP contribution in [0.3, 0.4) is 0 Å². The van der Waals surface area contributed by atoms with Crippen molar-refractivity contribution in [3.63, 3.8) is 0 Å². The van der Waals surface area contributed by atoms with Crippen LogP contribution in [0.25, 0.3) is 0 Å². The largest absolute Gasteiger partial charge is 0.380 e. The average Bonchev–Trinajstić information content (AvgIpc) is 2.37. The topological polar surface area (TPSA) is 47.3 Å². The predicted molar refractivity (Wildman–Crippen MR) is 71.7 cm³/mol. The molecule has 0 bridgehead atoms. The van der Waals surface area contributed by atoms with Crippen molar-refractivity contribution in [2.24, 2.45) is 5.84 Å². The maximum Gasteiger partial charge on any atom is 0.123 e. The Balaban J connectivity index is 2.81. The third-order valence-corrected chi connectivity index (χ3v) is 3.29. The fourth-order valence-electron chi connectivity index (χ4n) is 2.16. The Bertz CT molecular complexity index is 371. The van der Waals surface area contributed by atoms with E-state index in [4.69, 9.17) is 10.6 Å². The Kier molecular flexibility index (Phi) is 6.25. The highest BCUT2D eigenvalue weighted by Gasteiger charge is 2.20. The van der Waals surface area contributed by atoms with Crippen LogP contribution in [0.4, 0.5) is 4.39 Å². The number of nitrogens with two attached hydrogens (primary N) is 1. The number of hydrogen-bond donors (Lipinski definition) is 2. The first kappa shape index (κ1) is 15.1. The van der Waals surface area contributed by atoms with Crippen LogP contribution >= 0.6 is 0 Å². The summed E-state index contributed by atoms with van der Waals surface area (Å²) < 4.78 is 18.7. The minimum Gasteiger partial charge on any atom is -0.380 e. The van der Waals surface area contributed by atoms with E-state index in [1.165, 1.54) is 6.07 Å². The van der Waals surface area contributed by atoms with Crippen LogP contribution in [0.5, 0.6) is 0 Å². The molecule has 0 aliphatic heterocycles. The smallest absolute Gasteiger partial charge is 0.123 e. The number of aryl methyl sites for hydroxylation is 1. The number of methoxy groups -OCH3 is 1. The number of halogens is 1. The molecule has 0 aliphatic carbocycles. The second-order valence-corrected chi connectivity index (χ2v) is 4.61. The lowest BCUT2D eigenvalue weighted by atomic mass is 9.96. The maximum absolute atomic E-state index is 13.2.